The van der Waals surface area contributed by atoms with Crippen molar-refractivity contribution in [1.29, 1.82) is 0 Å². The highest BCUT2D eigenvalue weighted by molar-refractivity contribution is 6.00. The number of carbonyl (C=O) groups is 1. The molecule has 5 heteroatoms. The largest absolute Gasteiger partial charge is 0.390 e. The van der Waals surface area contributed by atoms with Gasteiger partial charge in [-0.05, 0) is 31.9 Å². The Morgan fingerprint density at radius 2 is 2.33 bits per heavy atom. The Hall–Kier alpha value is -1.88. The van der Waals surface area contributed by atoms with Gasteiger partial charge in [-0.25, -0.2) is 4.52 Å². The van der Waals surface area contributed by atoms with Crippen LogP contribution in [0.15, 0.2) is 30.6 Å². The first kappa shape index (κ1) is 11.2. The van der Waals surface area contributed by atoms with Crippen molar-refractivity contribution in [1.82, 2.24) is 14.9 Å². The van der Waals surface area contributed by atoms with Crippen LogP contribution >= 0.6 is 0 Å². The van der Waals surface area contributed by atoms with Gasteiger partial charge in [-0.1, -0.05) is 6.07 Å². The van der Waals surface area contributed by atoms with Crippen molar-refractivity contribution < 1.29 is 9.90 Å². The molecule has 18 heavy (non-hydrogen) atoms. The Balaban J connectivity index is 1.77. The number of fused-ring (bicyclic) bond motifs is 1. The van der Waals surface area contributed by atoms with Crippen molar-refractivity contribution in [2.24, 2.45) is 0 Å². The van der Waals surface area contributed by atoms with E-state index >= 15 is 0 Å². The van der Waals surface area contributed by atoms with E-state index in [-0.39, 0.29) is 11.9 Å². The quantitative estimate of drug-likeness (QED) is 0.828. The van der Waals surface area contributed by atoms with Crippen molar-refractivity contribution in [2.45, 2.75) is 31.4 Å². The van der Waals surface area contributed by atoms with E-state index < -0.39 is 5.60 Å². The zero-order valence-corrected chi connectivity index (χ0v) is 10.1. The van der Waals surface area contributed by atoms with Crippen molar-refractivity contribution in [2.75, 3.05) is 0 Å². The fourth-order valence-corrected chi connectivity index (χ4v) is 2.48. The van der Waals surface area contributed by atoms with Gasteiger partial charge in [0.1, 0.15) is 0 Å². The van der Waals surface area contributed by atoms with Gasteiger partial charge < -0.3 is 10.4 Å². The van der Waals surface area contributed by atoms with Gasteiger partial charge in [-0.15, -0.1) is 0 Å². The van der Waals surface area contributed by atoms with Crippen LogP contribution in [0.25, 0.3) is 5.52 Å². The normalized spacial score (nSPS) is 26.9. The van der Waals surface area contributed by atoms with E-state index in [0.717, 1.165) is 5.52 Å². The summed E-state index contributed by atoms with van der Waals surface area (Å²) in [7, 11) is 0. The minimum absolute atomic E-state index is 0.0613. The number of hydrogen-bond donors (Lipinski definition) is 2. The molecular weight excluding hydrogens is 230 g/mol. The maximum Gasteiger partial charge on any atom is 0.255 e. The third-order valence-corrected chi connectivity index (χ3v) is 3.38. The van der Waals surface area contributed by atoms with E-state index in [9.17, 15) is 9.90 Å². The van der Waals surface area contributed by atoms with Gasteiger partial charge >= 0.3 is 0 Å². The highest BCUT2D eigenvalue weighted by atomic mass is 16.3. The van der Waals surface area contributed by atoms with Crippen LogP contribution in [0.1, 0.15) is 30.1 Å². The lowest BCUT2D eigenvalue weighted by molar-refractivity contribution is -0.0366. The van der Waals surface area contributed by atoms with Crippen LogP contribution in [-0.2, 0) is 0 Å². The lowest BCUT2D eigenvalue weighted by atomic mass is 9.77. The number of pyridine rings is 1. The number of nitrogens with one attached hydrogen (secondary N) is 1. The smallest absolute Gasteiger partial charge is 0.255 e. The maximum atomic E-state index is 12.1. The number of amides is 1. The molecule has 94 valence electrons. The number of hydrogen-bond acceptors (Lipinski definition) is 3. The van der Waals surface area contributed by atoms with Gasteiger partial charge in [0, 0.05) is 12.2 Å². The van der Waals surface area contributed by atoms with Gasteiger partial charge in [0.15, 0.2) is 0 Å². The summed E-state index contributed by atoms with van der Waals surface area (Å²) >= 11 is 0. The van der Waals surface area contributed by atoms with Gasteiger partial charge in [-0.3, -0.25) is 4.79 Å². The van der Waals surface area contributed by atoms with Crippen molar-refractivity contribution >= 4 is 11.4 Å². The first-order chi connectivity index (χ1) is 8.55. The molecule has 0 radical (unpaired) electrons. The fraction of sp³-hybridized carbons (Fsp3) is 0.385. The van der Waals surface area contributed by atoms with E-state index in [2.05, 4.69) is 10.4 Å². The summed E-state index contributed by atoms with van der Waals surface area (Å²) < 4.78 is 1.67. The van der Waals surface area contributed by atoms with Crippen molar-refractivity contribution in [3.63, 3.8) is 0 Å². The SMILES string of the molecule is CC1(O)CC(NC(=O)c2cnn3ccccc23)C1. The molecule has 0 aliphatic heterocycles. The summed E-state index contributed by atoms with van der Waals surface area (Å²) in [5.41, 5.74) is 0.738. The number of carbonyl (C=O) groups excluding carboxylic acids is 1. The molecule has 3 rings (SSSR count). The Labute approximate surface area is 104 Å². The van der Waals surface area contributed by atoms with E-state index in [1.807, 2.05) is 18.2 Å². The van der Waals surface area contributed by atoms with Gasteiger partial charge in [0.05, 0.1) is 22.9 Å². The molecule has 0 spiro atoms. The molecule has 1 aliphatic carbocycles. The minimum Gasteiger partial charge on any atom is -0.390 e. The second-order valence-corrected chi connectivity index (χ2v) is 5.16. The minimum atomic E-state index is -0.626. The molecule has 0 saturated heterocycles. The first-order valence-electron chi connectivity index (χ1n) is 6.01. The summed E-state index contributed by atoms with van der Waals surface area (Å²) in [5, 5.41) is 16.7. The van der Waals surface area contributed by atoms with Crippen molar-refractivity contribution in [3.8, 4) is 0 Å². The molecule has 2 heterocycles. The highest BCUT2D eigenvalue weighted by Gasteiger charge is 2.39. The second-order valence-electron chi connectivity index (χ2n) is 5.16. The molecule has 2 aromatic rings. The topological polar surface area (TPSA) is 66.6 Å². The standard InChI is InChI=1S/C13H15N3O2/c1-13(18)6-9(7-13)15-12(17)10-8-14-16-5-3-2-4-11(10)16/h2-5,8-9,18H,6-7H2,1H3,(H,15,17). The molecule has 1 amide bonds. The van der Waals surface area contributed by atoms with Gasteiger partial charge in [0.25, 0.3) is 5.91 Å². The monoisotopic (exact) mass is 245 g/mol. The number of rotatable bonds is 2. The van der Waals surface area contributed by atoms with E-state index in [4.69, 9.17) is 0 Å². The average Bonchev–Trinajstić information content (AvgIpc) is 2.70. The number of aromatic nitrogens is 2. The van der Waals surface area contributed by atoms with E-state index in [1.165, 1.54) is 0 Å². The predicted octanol–water partition coefficient (Wildman–Crippen LogP) is 0.977. The van der Waals surface area contributed by atoms with Gasteiger partial charge in [-0.2, -0.15) is 5.10 Å². The Bertz CT molecular complexity index is 595. The summed E-state index contributed by atoms with van der Waals surface area (Å²) in [4.78, 5) is 12.1. The van der Waals surface area contributed by atoms with Crippen LogP contribution < -0.4 is 5.32 Å². The lowest BCUT2D eigenvalue weighted by Crippen LogP contribution is -2.53. The molecule has 1 saturated carbocycles. The van der Waals surface area contributed by atoms with E-state index in [1.54, 1.807) is 23.8 Å². The summed E-state index contributed by atoms with van der Waals surface area (Å²) in [6, 6.07) is 5.66. The van der Waals surface area contributed by atoms with Crippen LogP contribution in [0, 0.1) is 0 Å². The number of aliphatic hydroxyl groups is 1. The third-order valence-electron chi connectivity index (χ3n) is 3.38. The second kappa shape index (κ2) is 3.81. The van der Waals surface area contributed by atoms with E-state index in [0.29, 0.717) is 18.4 Å². The average molecular weight is 245 g/mol. The fourth-order valence-electron chi connectivity index (χ4n) is 2.48. The molecule has 5 nitrogen and oxygen atoms in total. The summed E-state index contributed by atoms with van der Waals surface area (Å²) in [6.45, 7) is 1.78. The van der Waals surface area contributed by atoms with Crippen LogP contribution in [-0.4, -0.2) is 32.3 Å². The third kappa shape index (κ3) is 1.86. The highest BCUT2D eigenvalue weighted by Crippen LogP contribution is 2.31. The lowest BCUT2D eigenvalue weighted by Gasteiger charge is -2.41. The Kier molecular flexibility index (Phi) is 2.38. The molecule has 1 fully saturated rings. The zero-order chi connectivity index (χ0) is 12.8. The summed E-state index contributed by atoms with van der Waals surface area (Å²) in [5.74, 6) is -0.128. The van der Waals surface area contributed by atoms with Crippen LogP contribution in [0.2, 0.25) is 0 Å². The molecule has 0 unspecified atom stereocenters. The van der Waals surface area contributed by atoms with Crippen LogP contribution in [0.4, 0.5) is 0 Å². The summed E-state index contributed by atoms with van der Waals surface area (Å²) in [6.07, 6.45) is 4.59. The first-order valence-corrected chi connectivity index (χ1v) is 6.01. The van der Waals surface area contributed by atoms with Crippen molar-refractivity contribution in [3.05, 3.63) is 36.2 Å². The molecular formula is C13H15N3O2. The molecule has 0 aromatic carbocycles. The zero-order valence-electron chi connectivity index (χ0n) is 10.1. The Morgan fingerprint density at radius 3 is 3.06 bits per heavy atom. The molecule has 0 bridgehead atoms. The number of nitrogens with zero attached hydrogens (tertiary/aromatic N) is 2. The van der Waals surface area contributed by atoms with Crippen LogP contribution in [0.5, 0.6) is 0 Å². The maximum absolute atomic E-state index is 12.1. The molecule has 2 aromatic heterocycles. The molecule has 2 N–H and O–H groups in total. The molecule has 0 atom stereocenters. The van der Waals surface area contributed by atoms with Gasteiger partial charge in [0.2, 0.25) is 0 Å². The van der Waals surface area contributed by atoms with Crippen LogP contribution in [0.3, 0.4) is 0 Å². The Morgan fingerprint density at radius 1 is 1.56 bits per heavy atom. The molecule has 1 aliphatic rings. The predicted molar refractivity (Wildman–Crippen MR) is 66.3 cm³/mol.